The monoisotopic (exact) mass is 400 g/mol. The van der Waals surface area contributed by atoms with Gasteiger partial charge in [0.25, 0.3) is 0 Å². The van der Waals surface area contributed by atoms with E-state index in [9.17, 15) is 4.79 Å². The molecule has 1 amide bonds. The second kappa shape index (κ2) is 8.65. The Hall–Kier alpha value is -2.54. The molecule has 0 saturated carbocycles. The molecule has 1 aromatic heterocycles. The molecule has 1 aliphatic carbocycles. The van der Waals surface area contributed by atoms with Crippen LogP contribution in [0.1, 0.15) is 34.0 Å². The third kappa shape index (κ3) is 4.30. The van der Waals surface area contributed by atoms with Crippen LogP contribution in [-0.4, -0.2) is 37.8 Å². The molecule has 0 saturated heterocycles. The van der Waals surface area contributed by atoms with E-state index in [1.54, 1.807) is 24.5 Å². The van der Waals surface area contributed by atoms with Crippen molar-refractivity contribution >= 4 is 23.3 Å². The van der Waals surface area contributed by atoms with Crippen LogP contribution in [0.3, 0.4) is 0 Å². The summed E-state index contributed by atoms with van der Waals surface area (Å²) in [5.74, 6) is 1.72. The number of hydrogen-bond donors (Lipinski definition) is 1. The summed E-state index contributed by atoms with van der Waals surface area (Å²) in [6.45, 7) is 1.59. The predicted molar refractivity (Wildman–Crippen MR) is 108 cm³/mol. The molecule has 0 atom stereocenters. The second-order valence-electron chi connectivity index (χ2n) is 6.81. The number of fused-ring (bicyclic) bond motifs is 2. The Morgan fingerprint density at radius 1 is 1.29 bits per heavy atom. The van der Waals surface area contributed by atoms with Crippen molar-refractivity contribution in [2.24, 2.45) is 0 Å². The van der Waals surface area contributed by atoms with E-state index in [2.05, 4.69) is 5.32 Å². The fraction of sp³-hybridized carbons (Fsp3) is 0.429. The summed E-state index contributed by atoms with van der Waals surface area (Å²) >= 11 is 1.79. The lowest BCUT2D eigenvalue weighted by atomic mass is 10.0. The average Bonchev–Trinajstić information content (AvgIpc) is 3.14. The van der Waals surface area contributed by atoms with Gasteiger partial charge in [0.2, 0.25) is 11.7 Å². The molecule has 1 aliphatic heterocycles. The Kier molecular flexibility index (Phi) is 5.81. The van der Waals surface area contributed by atoms with E-state index >= 15 is 0 Å². The molecule has 28 heavy (non-hydrogen) atoms. The van der Waals surface area contributed by atoms with Crippen molar-refractivity contribution in [2.75, 3.05) is 26.9 Å². The van der Waals surface area contributed by atoms with Crippen LogP contribution >= 0.6 is 11.3 Å². The summed E-state index contributed by atoms with van der Waals surface area (Å²) in [4.78, 5) is 18.3. The first kappa shape index (κ1) is 18.8. The second-order valence-corrected chi connectivity index (χ2v) is 7.97. The minimum atomic E-state index is -0.129. The number of aryl methyl sites for hydroxylation is 2. The van der Waals surface area contributed by atoms with Crippen LogP contribution in [-0.2, 0) is 24.1 Å². The van der Waals surface area contributed by atoms with Gasteiger partial charge in [-0.25, -0.2) is 4.98 Å². The first-order valence-corrected chi connectivity index (χ1v) is 10.5. The van der Waals surface area contributed by atoms with E-state index in [1.807, 2.05) is 12.1 Å². The first-order valence-electron chi connectivity index (χ1n) is 9.64. The number of amides is 1. The van der Waals surface area contributed by atoms with Crippen molar-refractivity contribution in [3.63, 3.8) is 0 Å². The van der Waals surface area contributed by atoms with Crippen molar-refractivity contribution in [1.29, 1.82) is 0 Å². The molecule has 1 aromatic carbocycles. The van der Waals surface area contributed by atoms with Gasteiger partial charge >= 0.3 is 0 Å². The number of nitrogens with zero attached hydrogens (tertiary/aromatic N) is 1. The average molecular weight is 401 g/mol. The quantitative estimate of drug-likeness (QED) is 0.755. The van der Waals surface area contributed by atoms with Crippen LogP contribution in [0.5, 0.6) is 17.2 Å². The van der Waals surface area contributed by atoms with E-state index in [1.165, 1.54) is 29.5 Å². The molecule has 2 aromatic rings. The van der Waals surface area contributed by atoms with Gasteiger partial charge in [-0.15, -0.1) is 11.3 Å². The number of hydrogen-bond acceptors (Lipinski definition) is 6. The number of aromatic nitrogens is 1. The van der Waals surface area contributed by atoms with Gasteiger partial charge in [0.1, 0.15) is 13.2 Å². The smallest absolute Gasteiger partial charge is 0.244 e. The first-order chi connectivity index (χ1) is 13.7. The van der Waals surface area contributed by atoms with Crippen LogP contribution in [0.4, 0.5) is 0 Å². The summed E-state index contributed by atoms with van der Waals surface area (Å²) in [7, 11) is 1.59. The fourth-order valence-corrected chi connectivity index (χ4v) is 4.58. The molecule has 2 heterocycles. The number of ether oxygens (including phenoxy) is 3. The van der Waals surface area contributed by atoms with E-state index in [0.717, 1.165) is 29.8 Å². The number of carbonyl (C=O) groups excluding carboxylic acids is 1. The predicted octanol–water partition coefficient (Wildman–Crippen LogP) is 3.17. The number of nitrogens with one attached hydrogen (secondary N) is 1. The molecular weight excluding hydrogens is 376 g/mol. The van der Waals surface area contributed by atoms with Crippen LogP contribution in [0.25, 0.3) is 6.08 Å². The van der Waals surface area contributed by atoms with Gasteiger partial charge in [0.15, 0.2) is 11.5 Å². The van der Waals surface area contributed by atoms with Crippen LogP contribution in [0.2, 0.25) is 0 Å². The molecular formula is C21H24N2O4S. The summed E-state index contributed by atoms with van der Waals surface area (Å²) in [6.07, 6.45) is 8.80. The minimum Gasteiger partial charge on any atom is -0.493 e. The molecule has 0 fully saturated rings. The highest BCUT2D eigenvalue weighted by Gasteiger charge is 2.18. The number of benzene rings is 1. The lowest BCUT2D eigenvalue weighted by Gasteiger charge is -2.20. The third-order valence-electron chi connectivity index (χ3n) is 4.81. The van der Waals surface area contributed by atoms with Gasteiger partial charge in [-0.3, -0.25) is 4.79 Å². The molecule has 0 bridgehead atoms. The molecule has 0 unspecified atom stereocenters. The highest BCUT2D eigenvalue weighted by molar-refractivity contribution is 7.11. The van der Waals surface area contributed by atoms with E-state index in [0.29, 0.717) is 37.0 Å². The minimum absolute atomic E-state index is 0.129. The Morgan fingerprint density at radius 2 is 2.14 bits per heavy atom. The Bertz CT molecular complexity index is 850. The van der Waals surface area contributed by atoms with Crippen LogP contribution < -0.4 is 19.5 Å². The zero-order valence-electron chi connectivity index (χ0n) is 16.0. The van der Waals surface area contributed by atoms with Crippen LogP contribution in [0.15, 0.2) is 18.2 Å². The normalized spacial score (nSPS) is 15.3. The van der Waals surface area contributed by atoms with E-state index in [4.69, 9.17) is 19.2 Å². The lowest BCUT2D eigenvalue weighted by Crippen LogP contribution is -2.23. The highest BCUT2D eigenvalue weighted by Crippen LogP contribution is 2.40. The highest BCUT2D eigenvalue weighted by atomic mass is 32.1. The van der Waals surface area contributed by atoms with Gasteiger partial charge < -0.3 is 19.5 Å². The van der Waals surface area contributed by atoms with Crippen LogP contribution in [0, 0.1) is 0 Å². The Labute approximate surface area is 168 Å². The molecule has 0 spiro atoms. The van der Waals surface area contributed by atoms with Gasteiger partial charge in [0.05, 0.1) is 17.8 Å². The maximum atomic E-state index is 12.1. The van der Waals surface area contributed by atoms with Crippen molar-refractivity contribution in [3.05, 3.63) is 39.4 Å². The molecule has 2 aliphatic rings. The number of carbonyl (C=O) groups is 1. The number of thiazole rings is 1. The van der Waals surface area contributed by atoms with Gasteiger partial charge in [-0.1, -0.05) is 0 Å². The standard InChI is InChI=1S/C21H24N2O4S/c1-25-16-12-14(13-17-21(16)27-11-10-26-17)6-7-19(24)22-9-8-20-23-15-4-2-3-5-18(15)28-20/h6-7,12-13H,2-5,8-11H2,1H3,(H,22,24). The topological polar surface area (TPSA) is 69.7 Å². The third-order valence-corrected chi connectivity index (χ3v) is 6.02. The fourth-order valence-electron chi connectivity index (χ4n) is 3.43. The maximum Gasteiger partial charge on any atom is 0.244 e. The summed E-state index contributed by atoms with van der Waals surface area (Å²) < 4.78 is 16.6. The molecule has 4 rings (SSSR count). The SMILES string of the molecule is COc1cc(C=CC(=O)NCCc2nc3c(s2)CCCC3)cc2c1OCCO2. The van der Waals surface area contributed by atoms with Crippen molar-refractivity contribution in [3.8, 4) is 17.2 Å². The molecule has 1 N–H and O–H groups in total. The summed E-state index contributed by atoms with van der Waals surface area (Å²) in [6, 6.07) is 3.68. The Morgan fingerprint density at radius 3 is 3.00 bits per heavy atom. The van der Waals surface area contributed by atoms with Crippen molar-refractivity contribution in [1.82, 2.24) is 10.3 Å². The lowest BCUT2D eigenvalue weighted by molar-refractivity contribution is -0.116. The van der Waals surface area contributed by atoms with E-state index in [-0.39, 0.29) is 5.91 Å². The zero-order valence-corrected chi connectivity index (χ0v) is 16.8. The molecule has 6 nitrogen and oxygen atoms in total. The van der Waals surface area contributed by atoms with Gasteiger partial charge in [-0.05, 0) is 49.5 Å². The summed E-state index contributed by atoms with van der Waals surface area (Å²) in [5, 5.41) is 4.04. The van der Waals surface area contributed by atoms with E-state index < -0.39 is 0 Å². The van der Waals surface area contributed by atoms with Crippen molar-refractivity contribution in [2.45, 2.75) is 32.1 Å². The molecule has 0 radical (unpaired) electrons. The molecule has 148 valence electrons. The van der Waals surface area contributed by atoms with Gasteiger partial charge in [0, 0.05) is 23.9 Å². The Balaban J connectivity index is 1.32. The molecule has 7 heteroatoms. The maximum absolute atomic E-state index is 12.1. The van der Waals surface area contributed by atoms with Gasteiger partial charge in [-0.2, -0.15) is 0 Å². The summed E-state index contributed by atoms with van der Waals surface area (Å²) in [5.41, 5.74) is 2.09. The number of methoxy groups -OCH3 is 1. The number of rotatable bonds is 6. The van der Waals surface area contributed by atoms with Crippen molar-refractivity contribution < 1.29 is 19.0 Å². The largest absolute Gasteiger partial charge is 0.493 e. The zero-order chi connectivity index (χ0) is 19.3.